The molecule has 0 atom stereocenters. The Morgan fingerprint density at radius 2 is 2.09 bits per heavy atom. The van der Waals surface area contributed by atoms with Gasteiger partial charge in [0.1, 0.15) is 24.4 Å². The maximum atomic E-state index is 13.8. The molecule has 1 amide bonds. The van der Waals surface area contributed by atoms with Gasteiger partial charge in [0.2, 0.25) is 5.91 Å². The number of nitrogens with zero attached hydrogens (tertiary/aromatic N) is 5. The summed E-state index contributed by atoms with van der Waals surface area (Å²) in [5.74, 6) is -2.35. The molecule has 8 nitrogen and oxygen atoms in total. The Morgan fingerprint density at radius 1 is 1.32 bits per heavy atom. The van der Waals surface area contributed by atoms with E-state index in [1.165, 1.54) is 0 Å². The lowest BCUT2D eigenvalue weighted by molar-refractivity contribution is -0.118. The molecular formula is C12H8F2N6O2. The minimum absolute atomic E-state index is 0.0174. The van der Waals surface area contributed by atoms with E-state index >= 15 is 0 Å². The monoisotopic (exact) mass is 306 g/mol. The molecule has 112 valence electrons. The van der Waals surface area contributed by atoms with Crippen LogP contribution < -0.4 is 11.3 Å². The first-order valence-corrected chi connectivity index (χ1v) is 6.02. The Kier molecular flexibility index (Phi) is 3.13. The molecule has 2 N–H and O–H groups in total. The molecule has 22 heavy (non-hydrogen) atoms. The third-order valence-corrected chi connectivity index (χ3v) is 2.89. The Balaban J connectivity index is 2.19. The number of aromatic nitrogens is 5. The van der Waals surface area contributed by atoms with Gasteiger partial charge in [-0.05, 0) is 12.1 Å². The number of nitrogens with two attached hydrogens (primary N) is 1. The molecule has 2 heterocycles. The molecule has 3 aromatic rings. The first-order valence-electron chi connectivity index (χ1n) is 6.02. The van der Waals surface area contributed by atoms with Gasteiger partial charge in [0.25, 0.3) is 5.56 Å². The van der Waals surface area contributed by atoms with Gasteiger partial charge in [0.15, 0.2) is 17.0 Å². The smallest absolute Gasteiger partial charge is 0.284 e. The van der Waals surface area contributed by atoms with Crippen molar-refractivity contribution in [2.24, 2.45) is 5.73 Å². The van der Waals surface area contributed by atoms with E-state index in [1.807, 2.05) is 0 Å². The summed E-state index contributed by atoms with van der Waals surface area (Å²) in [7, 11) is 0. The summed E-state index contributed by atoms with van der Waals surface area (Å²) in [6, 6.07) is 2.87. The highest BCUT2D eigenvalue weighted by molar-refractivity contribution is 5.74. The second kappa shape index (κ2) is 4.98. The highest BCUT2D eigenvalue weighted by atomic mass is 19.1. The number of halogens is 2. The molecule has 0 aliphatic carbocycles. The number of carbonyl (C=O) groups is 1. The molecule has 1 aromatic carbocycles. The second-order valence-electron chi connectivity index (χ2n) is 4.41. The van der Waals surface area contributed by atoms with Crippen LogP contribution in [-0.2, 0) is 11.3 Å². The first kappa shape index (κ1) is 13.8. The molecule has 0 fully saturated rings. The molecule has 10 heteroatoms. The maximum Gasteiger partial charge on any atom is 0.284 e. The third kappa shape index (κ3) is 2.20. The molecular weight excluding hydrogens is 298 g/mol. The van der Waals surface area contributed by atoms with Crippen molar-refractivity contribution < 1.29 is 13.6 Å². The number of rotatable bonds is 3. The second-order valence-corrected chi connectivity index (χ2v) is 4.41. The minimum Gasteiger partial charge on any atom is -0.368 e. The number of carbonyl (C=O) groups excluding carboxylic acids is 1. The molecule has 0 saturated carbocycles. The molecule has 0 aliphatic heterocycles. The lowest BCUT2D eigenvalue weighted by Gasteiger charge is -2.04. The predicted molar refractivity (Wildman–Crippen MR) is 70.0 cm³/mol. The van der Waals surface area contributed by atoms with Gasteiger partial charge in [0.05, 0.1) is 0 Å². The van der Waals surface area contributed by atoms with Gasteiger partial charge in [-0.2, -0.15) is 4.68 Å². The normalized spacial score (nSPS) is 11.0. The molecule has 0 unspecified atom stereocenters. The van der Waals surface area contributed by atoms with Crippen LogP contribution in [0.1, 0.15) is 0 Å². The van der Waals surface area contributed by atoms with E-state index in [1.54, 1.807) is 0 Å². The molecule has 2 aromatic heterocycles. The fraction of sp³-hybridized carbons (Fsp3) is 0.0833. The van der Waals surface area contributed by atoms with E-state index in [2.05, 4.69) is 15.3 Å². The van der Waals surface area contributed by atoms with Crippen LogP contribution in [-0.4, -0.2) is 30.5 Å². The zero-order valence-corrected chi connectivity index (χ0v) is 10.9. The van der Waals surface area contributed by atoms with E-state index in [-0.39, 0.29) is 23.4 Å². The van der Waals surface area contributed by atoms with Gasteiger partial charge < -0.3 is 5.73 Å². The van der Waals surface area contributed by atoms with Gasteiger partial charge in [-0.1, -0.05) is 5.21 Å². The standard InChI is InChI=1S/C12H8F2N6O2/c13-6-1-2-8(7(14)3-6)20-11-10(17-18-20)12(22)19(5-16-11)4-9(15)21/h1-3,5H,4H2,(H2,15,21). The van der Waals surface area contributed by atoms with Crippen molar-refractivity contribution >= 4 is 17.1 Å². The fourth-order valence-electron chi connectivity index (χ4n) is 1.94. The third-order valence-electron chi connectivity index (χ3n) is 2.89. The number of benzene rings is 1. The quantitative estimate of drug-likeness (QED) is 0.717. The summed E-state index contributed by atoms with van der Waals surface area (Å²) < 4.78 is 28.7. The average molecular weight is 306 g/mol. The van der Waals surface area contributed by atoms with Gasteiger partial charge in [-0.3, -0.25) is 14.2 Å². The van der Waals surface area contributed by atoms with E-state index in [0.29, 0.717) is 6.07 Å². The van der Waals surface area contributed by atoms with Crippen LogP contribution in [0.5, 0.6) is 0 Å². The Hall–Kier alpha value is -3.17. The Morgan fingerprint density at radius 3 is 2.77 bits per heavy atom. The highest BCUT2D eigenvalue weighted by Crippen LogP contribution is 2.16. The zero-order chi connectivity index (χ0) is 15.9. The van der Waals surface area contributed by atoms with Gasteiger partial charge in [0, 0.05) is 6.07 Å². The zero-order valence-electron chi connectivity index (χ0n) is 10.9. The maximum absolute atomic E-state index is 13.8. The SMILES string of the molecule is NC(=O)Cn1cnc2c(nnn2-c2ccc(F)cc2F)c1=O. The fourth-order valence-corrected chi connectivity index (χ4v) is 1.94. The van der Waals surface area contributed by atoms with E-state index in [0.717, 1.165) is 27.7 Å². The summed E-state index contributed by atoms with van der Waals surface area (Å²) >= 11 is 0. The van der Waals surface area contributed by atoms with Crippen molar-refractivity contribution in [1.82, 2.24) is 24.5 Å². The molecule has 0 saturated heterocycles. The highest BCUT2D eigenvalue weighted by Gasteiger charge is 2.16. The molecule has 0 aliphatic rings. The molecule has 0 radical (unpaired) electrons. The summed E-state index contributed by atoms with van der Waals surface area (Å²) in [5, 5.41) is 7.28. The van der Waals surface area contributed by atoms with Crippen LogP contribution in [0.15, 0.2) is 29.3 Å². The molecule has 0 bridgehead atoms. The van der Waals surface area contributed by atoms with Gasteiger partial charge in [-0.25, -0.2) is 13.8 Å². The minimum atomic E-state index is -0.880. The van der Waals surface area contributed by atoms with Crippen molar-refractivity contribution in [3.05, 3.63) is 46.5 Å². The van der Waals surface area contributed by atoms with Crippen LogP contribution in [0.3, 0.4) is 0 Å². The Bertz CT molecular complexity index is 948. The predicted octanol–water partition coefficient (Wildman–Crippen LogP) is -0.259. The summed E-state index contributed by atoms with van der Waals surface area (Å²) in [4.78, 5) is 26.9. The van der Waals surface area contributed by atoms with Crippen LogP contribution in [0.4, 0.5) is 8.78 Å². The van der Waals surface area contributed by atoms with Crippen LogP contribution in [0, 0.1) is 11.6 Å². The summed E-state index contributed by atoms with van der Waals surface area (Å²) in [5.41, 5.74) is 4.09. The van der Waals surface area contributed by atoms with Gasteiger partial charge in [-0.15, -0.1) is 5.10 Å². The van der Waals surface area contributed by atoms with E-state index in [9.17, 15) is 18.4 Å². The van der Waals surface area contributed by atoms with Crippen LogP contribution >= 0.6 is 0 Å². The first-order chi connectivity index (χ1) is 10.5. The van der Waals surface area contributed by atoms with Crippen LogP contribution in [0.25, 0.3) is 16.9 Å². The van der Waals surface area contributed by atoms with Crippen LogP contribution in [0.2, 0.25) is 0 Å². The lowest BCUT2D eigenvalue weighted by atomic mass is 10.3. The number of amides is 1. The lowest BCUT2D eigenvalue weighted by Crippen LogP contribution is -2.28. The van der Waals surface area contributed by atoms with Crippen molar-refractivity contribution in [3.8, 4) is 5.69 Å². The average Bonchev–Trinajstić information content (AvgIpc) is 2.86. The Labute approximate surface area is 120 Å². The van der Waals surface area contributed by atoms with Crippen molar-refractivity contribution in [3.63, 3.8) is 0 Å². The summed E-state index contributed by atoms with van der Waals surface area (Å²) in [6.07, 6.45) is 1.08. The topological polar surface area (TPSA) is 109 Å². The molecule has 0 spiro atoms. The van der Waals surface area contributed by atoms with E-state index in [4.69, 9.17) is 5.73 Å². The number of fused-ring (bicyclic) bond motifs is 1. The largest absolute Gasteiger partial charge is 0.368 e. The van der Waals surface area contributed by atoms with Gasteiger partial charge >= 0.3 is 0 Å². The number of primary amides is 1. The van der Waals surface area contributed by atoms with Crippen molar-refractivity contribution in [1.29, 1.82) is 0 Å². The van der Waals surface area contributed by atoms with Crippen molar-refractivity contribution in [2.75, 3.05) is 0 Å². The number of hydrogen-bond acceptors (Lipinski definition) is 5. The van der Waals surface area contributed by atoms with E-state index < -0.39 is 23.1 Å². The van der Waals surface area contributed by atoms with Crippen molar-refractivity contribution in [2.45, 2.75) is 6.54 Å². The summed E-state index contributed by atoms with van der Waals surface area (Å²) in [6.45, 7) is -0.362. The number of hydrogen-bond donors (Lipinski definition) is 1. The molecule has 3 rings (SSSR count).